The van der Waals surface area contributed by atoms with Gasteiger partial charge in [0.15, 0.2) is 17.4 Å². The molecule has 22 heavy (non-hydrogen) atoms. The zero-order valence-electron chi connectivity index (χ0n) is 12.9. The standard InChI is InChI=1S/C16H20F2N2O2/c1-3-21-12-9-11(17)15-14(13(12)18)19-16(20(15)2)22-10-7-5-4-6-8-10/h9-10H,3-8H2,1-2H3. The summed E-state index contributed by atoms with van der Waals surface area (Å²) in [6.07, 6.45) is 5.43. The number of hydrogen-bond donors (Lipinski definition) is 0. The van der Waals surface area contributed by atoms with Crippen LogP contribution in [0.2, 0.25) is 0 Å². The SMILES string of the molecule is CCOc1cc(F)c2c(nc(OC3CCCCC3)n2C)c1F. The van der Waals surface area contributed by atoms with Crippen LogP contribution in [0, 0.1) is 11.6 Å². The Morgan fingerprint density at radius 2 is 2.00 bits per heavy atom. The van der Waals surface area contributed by atoms with Crippen LogP contribution in [0.15, 0.2) is 6.07 Å². The topological polar surface area (TPSA) is 36.3 Å². The zero-order chi connectivity index (χ0) is 15.7. The number of imidazole rings is 1. The van der Waals surface area contributed by atoms with Gasteiger partial charge < -0.3 is 9.47 Å². The van der Waals surface area contributed by atoms with Crippen molar-refractivity contribution >= 4 is 11.0 Å². The number of benzene rings is 1. The highest BCUT2D eigenvalue weighted by atomic mass is 19.1. The molecule has 1 fully saturated rings. The van der Waals surface area contributed by atoms with E-state index in [9.17, 15) is 8.78 Å². The summed E-state index contributed by atoms with van der Waals surface area (Å²) in [5.41, 5.74) is 0.0588. The number of fused-ring (bicyclic) bond motifs is 1. The van der Waals surface area contributed by atoms with E-state index in [0.717, 1.165) is 31.7 Å². The number of hydrogen-bond acceptors (Lipinski definition) is 3. The van der Waals surface area contributed by atoms with Crippen molar-refractivity contribution in [3.05, 3.63) is 17.7 Å². The summed E-state index contributed by atoms with van der Waals surface area (Å²) in [4.78, 5) is 4.16. The second-order valence-electron chi connectivity index (χ2n) is 5.63. The minimum Gasteiger partial charge on any atom is -0.491 e. The molecule has 1 heterocycles. The van der Waals surface area contributed by atoms with Crippen LogP contribution in [-0.4, -0.2) is 22.3 Å². The molecular formula is C16H20F2N2O2. The fourth-order valence-electron chi connectivity index (χ4n) is 2.97. The maximum absolute atomic E-state index is 14.4. The van der Waals surface area contributed by atoms with Crippen LogP contribution in [0.25, 0.3) is 11.0 Å². The van der Waals surface area contributed by atoms with Gasteiger partial charge in [0.05, 0.1) is 6.61 Å². The minimum absolute atomic E-state index is 0.0447. The molecule has 1 aromatic heterocycles. The van der Waals surface area contributed by atoms with Crippen molar-refractivity contribution in [3.8, 4) is 11.8 Å². The molecule has 0 bridgehead atoms. The molecule has 1 aliphatic rings. The van der Waals surface area contributed by atoms with E-state index in [2.05, 4.69) is 4.98 Å². The van der Waals surface area contributed by atoms with Gasteiger partial charge in [-0.2, -0.15) is 4.98 Å². The maximum atomic E-state index is 14.4. The highest BCUT2D eigenvalue weighted by molar-refractivity contribution is 5.80. The summed E-state index contributed by atoms with van der Waals surface area (Å²) >= 11 is 0. The van der Waals surface area contributed by atoms with E-state index in [-0.39, 0.29) is 35.5 Å². The van der Waals surface area contributed by atoms with Gasteiger partial charge in [0.2, 0.25) is 0 Å². The first-order valence-corrected chi connectivity index (χ1v) is 7.75. The largest absolute Gasteiger partial charge is 0.491 e. The Kier molecular flexibility index (Phi) is 4.18. The van der Waals surface area contributed by atoms with Crippen molar-refractivity contribution in [3.63, 3.8) is 0 Å². The van der Waals surface area contributed by atoms with Crippen LogP contribution in [0.1, 0.15) is 39.0 Å². The van der Waals surface area contributed by atoms with Gasteiger partial charge in [0.1, 0.15) is 17.1 Å². The lowest BCUT2D eigenvalue weighted by Gasteiger charge is -2.22. The third-order valence-electron chi connectivity index (χ3n) is 4.09. The fourth-order valence-corrected chi connectivity index (χ4v) is 2.97. The second kappa shape index (κ2) is 6.10. The molecule has 0 radical (unpaired) electrons. The molecule has 1 saturated carbocycles. The molecule has 0 aliphatic heterocycles. The molecule has 2 aromatic rings. The monoisotopic (exact) mass is 310 g/mol. The Morgan fingerprint density at radius 1 is 1.27 bits per heavy atom. The Balaban J connectivity index is 2.00. The molecular weight excluding hydrogens is 290 g/mol. The number of aromatic nitrogens is 2. The quantitative estimate of drug-likeness (QED) is 0.857. The minimum atomic E-state index is -0.646. The van der Waals surface area contributed by atoms with Gasteiger partial charge in [-0.3, -0.25) is 4.57 Å². The first-order valence-electron chi connectivity index (χ1n) is 7.75. The summed E-state index contributed by atoms with van der Waals surface area (Å²) < 4.78 is 41.1. The van der Waals surface area contributed by atoms with Crippen molar-refractivity contribution < 1.29 is 18.3 Å². The number of rotatable bonds is 4. The van der Waals surface area contributed by atoms with Crippen molar-refractivity contribution in [2.24, 2.45) is 7.05 Å². The smallest absolute Gasteiger partial charge is 0.297 e. The predicted octanol–water partition coefficient (Wildman–Crippen LogP) is 3.96. The van der Waals surface area contributed by atoms with Crippen molar-refractivity contribution in [2.45, 2.75) is 45.1 Å². The number of nitrogens with zero attached hydrogens (tertiary/aromatic N) is 2. The molecule has 0 saturated heterocycles. The molecule has 6 heteroatoms. The van der Waals surface area contributed by atoms with Gasteiger partial charge >= 0.3 is 0 Å². The summed E-state index contributed by atoms with van der Waals surface area (Å²) in [7, 11) is 1.64. The van der Waals surface area contributed by atoms with Gasteiger partial charge in [-0.1, -0.05) is 6.42 Å². The number of halogens is 2. The molecule has 3 rings (SSSR count). The maximum Gasteiger partial charge on any atom is 0.297 e. The Morgan fingerprint density at radius 3 is 2.68 bits per heavy atom. The third-order valence-corrected chi connectivity index (χ3v) is 4.09. The molecule has 0 amide bonds. The molecule has 0 spiro atoms. The molecule has 0 unspecified atom stereocenters. The van der Waals surface area contributed by atoms with Crippen LogP contribution < -0.4 is 9.47 Å². The van der Waals surface area contributed by atoms with Crippen molar-refractivity contribution in [1.82, 2.24) is 9.55 Å². The Labute approximate surface area is 128 Å². The van der Waals surface area contributed by atoms with E-state index in [4.69, 9.17) is 9.47 Å². The second-order valence-corrected chi connectivity index (χ2v) is 5.63. The van der Waals surface area contributed by atoms with Crippen LogP contribution >= 0.6 is 0 Å². The Bertz CT molecular complexity index is 679. The molecule has 4 nitrogen and oxygen atoms in total. The van der Waals surface area contributed by atoms with E-state index in [1.807, 2.05) is 0 Å². The lowest BCUT2D eigenvalue weighted by Crippen LogP contribution is -2.21. The first-order chi connectivity index (χ1) is 10.6. The predicted molar refractivity (Wildman–Crippen MR) is 79.3 cm³/mol. The van der Waals surface area contributed by atoms with Crippen LogP contribution in [-0.2, 0) is 7.05 Å². The molecule has 120 valence electrons. The van der Waals surface area contributed by atoms with Crippen LogP contribution in [0.4, 0.5) is 8.78 Å². The van der Waals surface area contributed by atoms with E-state index in [1.54, 1.807) is 14.0 Å². The lowest BCUT2D eigenvalue weighted by atomic mass is 9.98. The number of ether oxygens (including phenoxy) is 2. The van der Waals surface area contributed by atoms with E-state index < -0.39 is 11.6 Å². The van der Waals surface area contributed by atoms with E-state index in [1.165, 1.54) is 11.0 Å². The van der Waals surface area contributed by atoms with Gasteiger partial charge in [-0.15, -0.1) is 0 Å². The molecule has 1 aliphatic carbocycles. The first kappa shape index (κ1) is 15.1. The zero-order valence-corrected chi connectivity index (χ0v) is 12.9. The summed E-state index contributed by atoms with van der Waals surface area (Å²) in [5, 5.41) is 0. The molecule has 0 N–H and O–H groups in total. The van der Waals surface area contributed by atoms with Crippen LogP contribution in [0.3, 0.4) is 0 Å². The summed E-state index contributed by atoms with van der Waals surface area (Å²) in [5.74, 6) is -1.32. The number of aryl methyl sites for hydroxylation is 1. The van der Waals surface area contributed by atoms with Crippen LogP contribution in [0.5, 0.6) is 11.8 Å². The van der Waals surface area contributed by atoms with Gasteiger partial charge in [0, 0.05) is 13.1 Å². The average molecular weight is 310 g/mol. The van der Waals surface area contributed by atoms with Crippen molar-refractivity contribution in [1.29, 1.82) is 0 Å². The van der Waals surface area contributed by atoms with Gasteiger partial charge in [0.25, 0.3) is 6.01 Å². The molecule has 1 aromatic carbocycles. The highest BCUT2D eigenvalue weighted by Crippen LogP contribution is 2.32. The van der Waals surface area contributed by atoms with Gasteiger partial charge in [-0.25, -0.2) is 8.78 Å². The normalized spacial score (nSPS) is 16.2. The van der Waals surface area contributed by atoms with E-state index >= 15 is 0 Å². The summed E-state index contributed by atoms with van der Waals surface area (Å²) in [6, 6.07) is 1.32. The van der Waals surface area contributed by atoms with E-state index in [0.29, 0.717) is 0 Å². The lowest BCUT2D eigenvalue weighted by molar-refractivity contribution is 0.138. The Hall–Kier alpha value is -1.85. The third kappa shape index (κ3) is 2.62. The summed E-state index contributed by atoms with van der Waals surface area (Å²) in [6.45, 7) is 1.98. The van der Waals surface area contributed by atoms with Gasteiger partial charge in [-0.05, 0) is 32.6 Å². The highest BCUT2D eigenvalue weighted by Gasteiger charge is 2.23. The average Bonchev–Trinajstić information content (AvgIpc) is 2.84. The fraction of sp³-hybridized carbons (Fsp3) is 0.562. The molecule has 0 atom stereocenters. The van der Waals surface area contributed by atoms with Crippen molar-refractivity contribution in [2.75, 3.05) is 6.61 Å².